The van der Waals surface area contributed by atoms with Crippen LogP contribution in [-0.4, -0.2) is 29.6 Å². The fraction of sp³-hybridized carbons (Fsp3) is 0.417. The predicted molar refractivity (Wildman–Crippen MR) is 59.7 cm³/mol. The molecule has 0 radical (unpaired) electrons. The number of benzene rings is 1. The number of Topliss-reactive ketones (excluding diaryl/α,β-unsaturated/α-hetero) is 1. The van der Waals surface area contributed by atoms with Gasteiger partial charge in [-0.2, -0.15) is 0 Å². The molecule has 2 heterocycles. The lowest BCUT2D eigenvalue weighted by Crippen LogP contribution is -2.42. The third-order valence-electron chi connectivity index (χ3n) is 3.31. The minimum Gasteiger partial charge on any atom is -0.507 e. The summed E-state index contributed by atoms with van der Waals surface area (Å²) >= 11 is 0. The van der Waals surface area contributed by atoms with E-state index in [1.807, 2.05) is 6.92 Å². The van der Waals surface area contributed by atoms with Gasteiger partial charge in [0.2, 0.25) is 5.78 Å². The summed E-state index contributed by atoms with van der Waals surface area (Å²) in [7, 11) is 0. The van der Waals surface area contributed by atoms with E-state index in [2.05, 4.69) is 0 Å². The molecule has 2 unspecified atom stereocenters. The van der Waals surface area contributed by atoms with Gasteiger partial charge in [0, 0.05) is 17.7 Å². The quantitative estimate of drug-likeness (QED) is 0.688. The van der Waals surface area contributed by atoms with E-state index in [0.29, 0.717) is 29.0 Å². The van der Waals surface area contributed by atoms with Crippen LogP contribution in [0.3, 0.4) is 0 Å². The van der Waals surface area contributed by atoms with Crippen LogP contribution in [0.4, 0.5) is 0 Å². The largest absolute Gasteiger partial charge is 0.507 e. The van der Waals surface area contributed by atoms with Crippen molar-refractivity contribution < 1.29 is 19.4 Å². The van der Waals surface area contributed by atoms with Gasteiger partial charge in [0.15, 0.2) is 6.61 Å². The van der Waals surface area contributed by atoms with Crippen LogP contribution >= 0.6 is 0 Å². The maximum atomic E-state index is 11.7. The summed E-state index contributed by atoms with van der Waals surface area (Å²) < 4.78 is 10.9. The van der Waals surface area contributed by atoms with Gasteiger partial charge in [-0.25, -0.2) is 0 Å². The lowest BCUT2D eigenvalue weighted by Gasteiger charge is -2.30. The highest BCUT2D eigenvalue weighted by molar-refractivity contribution is 6.05. The van der Waals surface area contributed by atoms with E-state index in [0.717, 1.165) is 0 Å². The lowest BCUT2D eigenvalue weighted by atomic mass is 9.94. The maximum absolute atomic E-state index is 11.7. The molecular formula is C12H13NO4. The molecule has 0 aliphatic carbocycles. The van der Waals surface area contributed by atoms with Crippen LogP contribution in [0, 0.1) is 0 Å². The Balaban J connectivity index is 2.21. The number of hydrogen-bond donors (Lipinski definition) is 2. The van der Waals surface area contributed by atoms with Crippen LogP contribution in [0.1, 0.15) is 22.8 Å². The van der Waals surface area contributed by atoms with E-state index < -0.39 is 0 Å². The Kier molecular flexibility index (Phi) is 2.06. The Morgan fingerprint density at radius 3 is 3.06 bits per heavy atom. The van der Waals surface area contributed by atoms with E-state index in [1.165, 1.54) is 6.07 Å². The molecular weight excluding hydrogens is 222 g/mol. The summed E-state index contributed by atoms with van der Waals surface area (Å²) in [4.78, 5) is 11.7. The van der Waals surface area contributed by atoms with Crippen molar-refractivity contribution in [2.24, 2.45) is 5.73 Å². The van der Waals surface area contributed by atoms with Gasteiger partial charge in [-0.1, -0.05) is 0 Å². The van der Waals surface area contributed by atoms with Crippen LogP contribution in [0.15, 0.2) is 6.07 Å². The van der Waals surface area contributed by atoms with Gasteiger partial charge in [0.05, 0.1) is 0 Å². The standard InChI is InChI=1S/C12H13NO4/c1-5-7(13)2-6-8(14)3-10-11(12(6)17-5)9(15)4-16-10/h3,5,7,14H,2,4,13H2,1H3. The summed E-state index contributed by atoms with van der Waals surface area (Å²) in [6.07, 6.45) is 0.324. The number of phenolic OH excluding ortho intramolecular Hbond substituents is 1. The van der Waals surface area contributed by atoms with Crippen molar-refractivity contribution in [1.29, 1.82) is 0 Å². The van der Waals surface area contributed by atoms with Gasteiger partial charge >= 0.3 is 0 Å². The zero-order chi connectivity index (χ0) is 12.2. The third-order valence-corrected chi connectivity index (χ3v) is 3.31. The van der Waals surface area contributed by atoms with Crippen molar-refractivity contribution in [3.63, 3.8) is 0 Å². The molecule has 0 spiro atoms. The van der Waals surface area contributed by atoms with Gasteiger partial charge in [-0.15, -0.1) is 0 Å². The topological polar surface area (TPSA) is 81.8 Å². The summed E-state index contributed by atoms with van der Waals surface area (Å²) in [5.41, 5.74) is 6.94. The number of aromatic hydroxyl groups is 1. The van der Waals surface area contributed by atoms with Crippen LogP contribution in [-0.2, 0) is 6.42 Å². The fourth-order valence-corrected chi connectivity index (χ4v) is 2.26. The Bertz CT molecular complexity index is 512. The molecule has 0 amide bonds. The molecule has 0 saturated carbocycles. The molecule has 2 aliphatic rings. The van der Waals surface area contributed by atoms with Gasteiger partial charge in [0.25, 0.3) is 0 Å². The highest BCUT2D eigenvalue weighted by atomic mass is 16.5. The van der Waals surface area contributed by atoms with E-state index in [9.17, 15) is 9.90 Å². The molecule has 3 N–H and O–H groups in total. The van der Waals surface area contributed by atoms with Crippen molar-refractivity contribution >= 4 is 5.78 Å². The second kappa shape index (κ2) is 3.37. The number of ether oxygens (including phenoxy) is 2. The fourth-order valence-electron chi connectivity index (χ4n) is 2.26. The Morgan fingerprint density at radius 1 is 1.53 bits per heavy atom. The highest BCUT2D eigenvalue weighted by Crippen LogP contribution is 2.44. The molecule has 0 fully saturated rings. The number of rotatable bonds is 0. The zero-order valence-electron chi connectivity index (χ0n) is 9.40. The van der Waals surface area contributed by atoms with Gasteiger partial charge in [0.1, 0.15) is 28.9 Å². The van der Waals surface area contributed by atoms with Crippen molar-refractivity contribution in [3.8, 4) is 17.2 Å². The number of ketones is 1. The summed E-state index contributed by atoms with van der Waals surface area (Å²) in [5, 5.41) is 9.88. The normalized spacial score (nSPS) is 25.9. The SMILES string of the molecule is CC1Oc2c(c(O)cc3c2C(=O)CO3)CC1N. The van der Waals surface area contributed by atoms with Crippen molar-refractivity contribution in [1.82, 2.24) is 0 Å². The molecule has 0 bridgehead atoms. The summed E-state index contributed by atoms with van der Waals surface area (Å²) in [5.74, 6) is 0.806. The van der Waals surface area contributed by atoms with Crippen LogP contribution in [0.5, 0.6) is 17.2 Å². The Labute approximate surface area is 98.1 Å². The second-order valence-corrected chi connectivity index (χ2v) is 4.48. The first-order valence-electron chi connectivity index (χ1n) is 5.55. The van der Waals surface area contributed by atoms with Crippen molar-refractivity contribution in [3.05, 3.63) is 17.2 Å². The highest BCUT2D eigenvalue weighted by Gasteiger charge is 2.35. The van der Waals surface area contributed by atoms with E-state index in [-0.39, 0.29) is 30.3 Å². The molecule has 1 aromatic rings. The van der Waals surface area contributed by atoms with Crippen LogP contribution in [0.25, 0.3) is 0 Å². The molecule has 2 aliphatic heterocycles. The van der Waals surface area contributed by atoms with Gasteiger partial charge < -0.3 is 20.3 Å². The number of hydrogen-bond acceptors (Lipinski definition) is 5. The van der Waals surface area contributed by atoms with E-state index in [4.69, 9.17) is 15.2 Å². The molecule has 3 rings (SSSR count). The van der Waals surface area contributed by atoms with Crippen LogP contribution < -0.4 is 15.2 Å². The van der Waals surface area contributed by atoms with E-state index in [1.54, 1.807) is 0 Å². The minimum atomic E-state index is -0.179. The minimum absolute atomic E-state index is 0.00895. The molecule has 2 atom stereocenters. The zero-order valence-corrected chi connectivity index (χ0v) is 9.40. The second-order valence-electron chi connectivity index (χ2n) is 4.48. The first-order chi connectivity index (χ1) is 8.08. The summed E-state index contributed by atoms with van der Waals surface area (Å²) in [6, 6.07) is 1.29. The van der Waals surface area contributed by atoms with Crippen molar-refractivity contribution in [2.45, 2.75) is 25.5 Å². The van der Waals surface area contributed by atoms with Crippen molar-refractivity contribution in [2.75, 3.05) is 6.61 Å². The smallest absolute Gasteiger partial charge is 0.207 e. The lowest BCUT2D eigenvalue weighted by molar-refractivity contribution is 0.0953. The number of fused-ring (bicyclic) bond motifs is 3. The molecule has 5 heteroatoms. The first kappa shape index (κ1) is 10.4. The number of phenols is 1. The molecule has 5 nitrogen and oxygen atoms in total. The number of nitrogens with two attached hydrogens (primary N) is 1. The Morgan fingerprint density at radius 2 is 2.29 bits per heavy atom. The first-order valence-corrected chi connectivity index (χ1v) is 5.55. The van der Waals surface area contributed by atoms with E-state index >= 15 is 0 Å². The Hall–Kier alpha value is -1.75. The number of carbonyl (C=O) groups excluding carboxylic acids is 1. The molecule has 0 saturated heterocycles. The average molecular weight is 235 g/mol. The molecule has 17 heavy (non-hydrogen) atoms. The summed E-state index contributed by atoms with van der Waals surface area (Å²) in [6.45, 7) is 1.86. The van der Waals surface area contributed by atoms with Gasteiger partial charge in [-0.05, 0) is 13.3 Å². The third kappa shape index (κ3) is 1.39. The maximum Gasteiger partial charge on any atom is 0.207 e. The van der Waals surface area contributed by atoms with Crippen LogP contribution in [0.2, 0.25) is 0 Å². The molecule has 0 aromatic heterocycles. The van der Waals surface area contributed by atoms with Gasteiger partial charge in [-0.3, -0.25) is 4.79 Å². The monoisotopic (exact) mass is 235 g/mol. The average Bonchev–Trinajstić information content (AvgIpc) is 2.63. The predicted octanol–water partition coefficient (Wildman–Crippen LogP) is 0.618. The molecule has 90 valence electrons. The number of carbonyl (C=O) groups is 1. The molecule has 1 aromatic carbocycles.